The second-order valence-electron chi connectivity index (χ2n) is 3.76. The number of benzene rings is 1. The number of rotatable bonds is 2. The highest BCUT2D eigenvalue weighted by Crippen LogP contribution is 1.97. The van der Waals surface area contributed by atoms with Crippen molar-refractivity contribution in [1.29, 1.82) is 0 Å². The van der Waals surface area contributed by atoms with E-state index < -0.39 is 0 Å². The molecule has 2 rings (SSSR count). The first-order valence-corrected chi connectivity index (χ1v) is 4.96. The van der Waals surface area contributed by atoms with E-state index in [-0.39, 0.29) is 0 Å². The summed E-state index contributed by atoms with van der Waals surface area (Å²) in [6.45, 7) is 2.99. The van der Waals surface area contributed by atoms with Crippen LogP contribution in [0.15, 0.2) is 35.5 Å². The highest BCUT2D eigenvalue weighted by atomic mass is 16.4. The molecule has 1 aromatic carbocycles. The summed E-state index contributed by atoms with van der Waals surface area (Å²) < 4.78 is 0. The second-order valence-corrected chi connectivity index (χ2v) is 3.76. The lowest BCUT2D eigenvalue weighted by Gasteiger charge is -2.10. The molecule has 14 heavy (non-hydrogen) atoms. The van der Waals surface area contributed by atoms with Crippen LogP contribution in [0.5, 0.6) is 0 Å². The van der Waals surface area contributed by atoms with E-state index in [1.165, 1.54) is 10.5 Å². The minimum atomic E-state index is 0.880. The van der Waals surface area contributed by atoms with Gasteiger partial charge in [-0.1, -0.05) is 35.5 Å². The van der Waals surface area contributed by atoms with Crippen LogP contribution in [0.3, 0.4) is 0 Å². The van der Waals surface area contributed by atoms with E-state index in [9.17, 15) is 0 Å². The molecule has 1 aliphatic heterocycles. The average molecular weight is 191 g/mol. The minimum Gasteiger partial charge on any atom is -0.411 e. The third kappa shape index (κ3) is 2.12. The number of nitrogens with zero attached hydrogens (tertiary/aromatic N) is 1. The Kier molecular flexibility index (Phi) is 2.79. The molecule has 0 radical (unpaired) electrons. The van der Waals surface area contributed by atoms with Crippen molar-refractivity contribution >= 4 is 5.71 Å². The fraction of sp³-hybridized carbons (Fsp3) is 0.364. The maximum absolute atomic E-state index is 8.62. The minimum absolute atomic E-state index is 0.880. The molecule has 1 aromatic rings. The molecular formula is C11H15N2O+. The summed E-state index contributed by atoms with van der Waals surface area (Å²) in [4.78, 5) is 1.48. The Morgan fingerprint density at radius 2 is 2.07 bits per heavy atom. The van der Waals surface area contributed by atoms with Gasteiger partial charge in [0, 0.05) is 12.0 Å². The lowest BCUT2D eigenvalue weighted by molar-refractivity contribution is -0.897. The molecule has 1 aliphatic rings. The Balaban J connectivity index is 1.94. The smallest absolute Gasteiger partial charge is 0.120 e. The summed E-state index contributed by atoms with van der Waals surface area (Å²) in [5.41, 5.74) is 2.28. The van der Waals surface area contributed by atoms with Crippen LogP contribution >= 0.6 is 0 Å². The quantitative estimate of drug-likeness (QED) is 0.512. The number of likely N-dealkylation sites (tertiary alicyclic amines) is 1. The molecule has 1 heterocycles. The van der Waals surface area contributed by atoms with E-state index in [1.54, 1.807) is 0 Å². The van der Waals surface area contributed by atoms with Gasteiger partial charge in [0.1, 0.15) is 18.8 Å². The van der Waals surface area contributed by atoms with Gasteiger partial charge in [0.25, 0.3) is 0 Å². The van der Waals surface area contributed by atoms with Crippen LogP contribution in [0, 0.1) is 0 Å². The zero-order chi connectivity index (χ0) is 9.80. The van der Waals surface area contributed by atoms with Gasteiger partial charge in [-0.2, -0.15) is 0 Å². The van der Waals surface area contributed by atoms with Gasteiger partial charge in [-0.05, 0) is 0 Å². The maximum Gasteiger partial charge on any atom is 0.120 e. The first-order valence-electron chi connectivity index (χ1n) is 4.96. The van der Waals surface area contributed by atoms with Crippen molar-refractivity contribution < 1.29 is 10.1 Å². The molecule has 1 atom stereocenters. The van der Waals surface area contributed by atoms with Crippen LogP contribution in [0.25, 0.3) is 0 Å². The third-order valence-corrected chi connectivity index (χ3v) is 2.66. The van der Waals surface area contributed by atoms with Crippen LogP contribution in [0.2, 0.25) is 0 Å². The van der Waals surface area contributed by atoms with Crippen molar-refractivity contribution in [2.24, 2.45) is 5.16 Å². The molecule has 1 fully saturated rings. The predicted molar refractivity (Wildman–Crippen MR) is 54.7 cm³/mol. The van der Waals surface area contributed by atoms with Crippen molar-refractivity contribution in [3.63, 3.8) is 0 Å². The Labute approximate surface area is 83.7 Å². The summed E-state index contributed by atoms with van der Waals surface area (Å²) in [5, 5.41) is 11.9. The van der Waals surface area contributed by atoms with Gasteiger partial charge < -0.3 is 10.1 Å². The zero-order valence-corrected chi connectivity index (χ0v) is 8.11. The van der Waals surface area contributed by atoms with Crippen molar-refractivity contribution in [2.45, 2.75) is 13.0 Å². The lowest BCUT2D eigenvalue weighted by Crippen LogP contribution is -3.09. The molecular weight excluding hydrogens is 176 g/mol. The monoisotopic (exact) mass is 191 g/mol. The number of nitrogens with one attached hydrogen (secondary N) is 1. The molecule has 0 aliphatic carbocycles. The van der Waals surface area contributed by atoms with Gasteiger partial charge in [-0.3, -0.25) is 0 Å². The lowest BCUT2D eigenvalue weighted by atomic mass is 10.2. The summed E-state index contributed by atoms with van der Waals surface area (Å²) in [7, 11) is 0. The summed E-state index contributed by atoms with van der Waals surface area (Å²) in [5.74, 6) is 0. The van der Waals surface area contributed by atoms with Crippen molar-refractivity contribution in [3.05, 3.63) is 35.9 Å². The first-order chi connectivity index (χ1) is 6.88. The molecule has 3 nitrogen and oxygen atoms in total. The van der Waals surface area contributed by atoms with Gasteiger partial charge >= 0.3 is 0 Å². The van der Waals surface area contributed by atoms with Crippen LogP contribution in [0.4, 0.5) is 0 Å². The fourth-order valence-electron chi connectivity index (χ4n) is 1.91. The van der Waals surface area contributed by atoms with Crippen molar-refractivity contribution in [1.82, 2.24) is 0 Å². The average Bonchev–Trinajstić information content (AvgIpc) is 2.67. The molecule has 0 aromatic heterocycles. The van der Waals surface area contributed by atoms with Gasteiger partial charge in [-0.25, -0.2) is 0 Å². The largest absolute Gasteiger partial charge is 0.411 e. The molecule has 1 saturated heterocycles. The Morgan fingerprint density at radius 1 is 1.29 bits per heavy atom. The van der Waals surface area contributed by atoms with E-state index in [4.69, 9.17) is 5.21 Å². The Morgan fingerprint density at radius 3 is 2.71 bits per heavy atom. The van der Waals surface area contributed by atoms with Crippen LogP contribution in [0.1, 0.15) is 12.0 Å². The maximum atomic E-state index is 8.62. The molecule has 0 spiro atoms. The van der Waals surface area contributed by atoms with Gasteiger partial charge in [0.2, 0.25) is 0 Å². The topological polar surface area (TPSA) is 37.0 Å². The summed E-state index contributed by atoms with van der Waals surface area (Å²) in [6.07, 6.45) is 0.929. The van der Waals surface area contributed by atoms with E-state index in [0.717, 1.165) is 31.8 Å². The number of hydrogen-bond donors (Lipinski definition) is 2. The number of oxime groups is 1. The van der Waals surface area contributed by atoms with E-state index >= 15 is 0 Å². The highest BCUT2D eigenvalue weighted by Gasteiger charge is 2.21. The standard InChI is InChI=1S/C11H14N2O/c14-12-11-6-7-13(9-11)8-10-4-2-1-3-5-10/h1-5,14H,6-9H2/p+1/b12-11+. The van der Waals surface area contributed by atoms with Crippen molar-refractivity contribution in [3.8, 4) is 0 Å². The van der Waals surface area contributed by atoms with Crippen LogP contribution in [-0.2, 0) is 6.54 Å². The fourth-order valence-corrected chi connectivity index (χ4v) is 1.91. The van der Waals surface area contributed by atoms with Gasteiger partial charge in [0.05, 0.1) is 6.54 Å². The SMILES string of the molecule is O/N=C1\CC[NH+](Cc2ccccc2)C1. The third-order valence-electron chi connectivity index (χ3n) is 2.66. The Hall–Kier alpha value is -1.35. The Bertz CT molecular complexity index is 321. The van der Waals surface area contributed by atoms with Crippen LogP contribution in [-0.4, -0.2) is 24.0 Å². The highest BCUT2D eigenvalue weighted by molar-refractivity contribution is 5.85. The summed E-state index contributed by atoms with van der Waals surface area (Å²) in [6, 6.07) is 10.4. The van der Waals surface area contributed by atoms with Gasteiger partial charge in [0.15, 0.2) is 0 Å². The first kappa shape index (κ1) is 9.21. The molecule has 74 valence electrons. The molecule has 1 unspecified atom stereocenters. The van der Waals surface area contributed by atoms with Crippen molar-refractivity contribution in [2.75, 3.05) is 13.1 Å². The van der Waals surface area contributed by atoms with E-state index in [2.05, 4.69) is 29.4 Å². The molecule has 0 saturated carbocycles. The zero-order valence-electron chi connectivity index (χ0n) is 8.11. The predicted octanol–water partition coefficient (Wildman–Crippen LogP) is 0.305. The molecule has 0 bridgehead atoms. The molecule has 3 heteroatoms. The van der Waals surface area contributed by atoms with E-state index in [1.807, 2.05) is 6.07 Å². The molecule has 0 amide bonds. The van der Waals surface area contributed by atoms with E-state index in [0.29, 0.717) is 0 Å². The molecule has 2 N–H and O–H groups in total. The van der Waals surface area contributed by atoms with Gasteiger partial charge in [-0.15, -0.1) is 0 Å². The number of quaternary nitrogens is 1. The normalized spacial score (nSPS) is 24.3. The second kappa shape index (κ2) is 4.24. The van der Waals surface area contributed by atoms with Crippen LogP contribution < -0.4 is 4.90 Å². The summed E-state index contributed by atoms with van der Waals surface area (Å²) >= 11 is 0. The number of hydrogen-bond acceptors (Lipinski definition) is 2.